The minimum Gasteiger partial charge on any atom is -0.737 e. The molecule has 0 aliphatic rings. The number of hydrogen-bond acceptors (Lipinski definition) is 6. The second kappa shape index (κ2) is 11.4. The first kappa shape index (κ1) is 23.8. The monoisotopic (exact) mass is 564 g/mol. The molecule has 0 aromatic heterocycles. The minimum atomic E-state index is -0.511. The van der Waals surface area contributed by atoms with E-state index in [0.717, 1.165) is 11.1 Å². The summed E-state index contributed by atoms with van der Waals surface area (Å²) in [4.78, 5) is 21.6. The third-order valence-electron chi connectivity index (χ3n) is 3.44. The molecule has 2 aromatic rings. The summed E-state index contributed by atoms with van der Waals surface area (Å²) in [5.41, 5.74) is 1.96. The molecule has 7 heteroatoms. The van der Waals surface area contributed by atoms with Crippen molar-refractivity contribution < 1.29 is 47.5 Å². The van der Waals surface area contributed by atoms with Crippen molar-refractivity contribution in [2.24, 2.45) is 0 Å². The maximum atomic E-state index is 10.8. The molecule has 2 N–H and O–H groups in total. The Morgan fingerprint density at radius 3 is 1.36 bits per heavy atom. The molecule has 128 valence electrons. The van der Waals surface area contributed by atoms with Gasteiger partial charge in [-0.3, -0.25) is 0 Å². The number of aromatic hydroxyl groups is 2. The number of phenolic OH excluding ortho intramolecular Hbond substituents is 2. The van der Waals surface area contributed by atoms with Crippen LogP contribution in [0, 0.1) is 0 Å². The molecule has 2 rings (SSSR count). The van der Waals surface area contributed by atoms with Crippen LogP contribution in [0.1, 0.15) is 45.7 Å². The van der Waals surface area contributed by atoms with Gasteiger partial charge < -0.3 is 45.1 Å². The van der Waals surface area contributed by atoms with E-state index in [1.165, 1.54) is 12.1 Å². The molecule has 0 atom stereocenters. The average molecular weight is 563 g/mol. The fraction of sp³-hybridized carbons (Fsp3) is 0.222. The normalized spacial score (nSPS) is 9.36. The molecule has 0 amide bonds. The molecule has 0 unspecified atom stereocenters. The second-order valence-electron chi connectivity index (χ2n) is 4.91. The zero-order valence-corrected chi connectivity index (χ0v) is 21.2. The largest absolute Gasteiger partial charge is 2.00 e. The van der Waals surface area contributed by atoms with E-state index in [1.54, 1.807) is 24.3 Å². The van der Waals surface area contributed by atoms with Gasteiger partial charge in [0.05, 0.1) is 0 Å². The van der Waals surface area contributed by atoms with E-state index in [0.29, 0.717) is 12.8 Å². The van der Waals surface area contributed by atoms with Crippen LogP contribution in [0.5, 0.6) is 11.5 Å². The number of aryl methyl sites for hydroxylation is 2. The van der Waals surface area contributed by atoms with Crippen molar-refractivity contribution in [3.63, 3.8) is 0 Å². The van der Waals surface area contributed by atoms with E-state index in [9.17, 15) is 19.8 Å². The molecule has 0 spiro atoms. The van der Waals surface area contributed by atoms with E-state index in [1.807, 2.05) is 13.8 Å². The van der Waals surface area contributed by atoms with E-state index in [-0.39, 0.29) is 50.3 Å². The van der Waals surface area contributed by atoms with E-state index < -0.39 is 10.2 Å². The van der Waals surface area contributed by atoms with Gasteiger partial charge in [-0.25, -0.2) is 0 Å². The van der Waals surface area contributed by atoms with Crippen LogP contribution in [-0.4, -0.2) is 20.4 Å². The number of benzene rings is 2. The van der Waals surface area contributed by atoms with Gasteiger partial charge in [0, 0.05) is 21.4 Å². The van der Waals surface area contributed by atoms with Gasteiger partial charge in [-0.1, -0.05) is 38.1 Å². The van der Waals surface area contributed by atoms with Gasteiger partial charge >= 0.3 is 27.7 Å². The van der Waals surface area contributed by atoms with E-state index in [4.69, 9.17) is 0 Å². The van der Waals surface area contributed by atoms with Gasteiger partial charge in [-0.05, 0) is 36.1 Å². The Morgan fingerprint density at radius 2 is 1.12 bits per heavy atom. The Hall–Kier alpha value is -1.24. The van der Waals surface area contributed by atoms with Crippen LogP contribution in [-0.2, 0) is 65.8 Å². The number of carbonyl (C=O) groups is 2. The van der Waals surface area contributed by atoms with Crippen molar-refractivity contribution in [3.05, 3.63) is 58.7 Å². The Bertz CT molecular complexity index is 684. The van der Waals surface area contributed by atoms with Gasteiger partial charge in [0.2, 0.25) is 0 Å². The molecule has 4 nitrogen and oxygen atoms in total. The zero-order chi connectivity index (χ0) is 18.3. The number of para-hydroxylation sites is 2. The van der Waals surface area contributed by atoms with Gasteiger partial charge in [0.15, 0.2) is 0 Å². The third-order valence-corrected chi connectivity index (χ3v) is 3.88. The summed E-state index contributed by atoms with van der Waals surface area (Å²) in [6, 6.07) is 10.1. The fourth-order valence-electron chi connectivity index (χ4n) is 2.08. The SMILES string of the molecule is CCc1cccc(C(=O)[S-])c1O.CCc1cccc(C(=O)[S-])c1O.[Hg+2]. The van der Waals surface area contributed by atoms with Crippen molar-refractivity contribution in [1.82, 2.24) is 0 Å². The Labute approximate surface area is 179 Å². The standard InChI is InChI=1S/2C9H10O2S.Hg/c2*1-2-6-4-3-5-7(8(6)10)9(11)12;/h2*3-5,10H,2H2,1H3,(H,11,12);/q;;+2/p-2. The summed E-state index contributed by atoms with van der Waals surface area (Å²) in [7, 11) is 0. The van der Waals surface area contributed by atoms with Crippen molar-refractivity contribution in [3.8, 4) is 11.5 Å². The quantitative estimate of drug-likeness (QED) is 0.440. The predicted octanol–water partition coefficient (Wildman–Crippen LogP) is 3.28. The maximum Gasteiger partial charge on any atom is 2.00 e. The molecule has 2 aromatic carbocycles. The first-order valence-corrected chi connectivity index (χ1v) is 8.19. The summed E-state index contributed by atoms with van der Waals surface area (Å²) >= 11 is 8.88. The minimum absolute atomic E-state index is 0. The Balaban J connectivity index is 0.000000443. The molecular weight excluding hydrogens is 545 g/mol. The Morgan fingerprint density at radius 1 is 0.800 bits per heavy atom. The summed E-state index contributed by atoms with van der Waals surface area (Å²) < 4.78 is 0. The van der Waals surface area contributed by atoms with Crippen LogP contribution in [0.4, 0.5) is 0 Å². The van der Waals surface area contributed by atoms with Crippen LogP contribution in [0.25, 0.3) is 0 Å². The molecule has 0 saturated heterocycles. The molecular formula is C18H18HgO4S2. The number of rotatable bonds is 4. The van der Waals surface area contributed by atoms with Crippen molar-refractivity contribution in [1.29, 1.82) is 0 Å². The van der Waals surface area contributed by atoms with Crippen molar-refractivity contribution in [2.45, 2.75) is 26.7 Å². The second-order valence-corrected chi connectivity index (χ2v) is 5.65. The van der Waals surface area contributed by atoms with Crippen LogP contribution < -0.4 is 0 Å². The van der Waals surface area contributed by atoms with Crippen LogP contribution >= 0.6 is 0 Å². The molecule has 0 saturated carbocycles. The van der Waals surface area contributed by atoms with Gasteiger partial charge in [0.1, 0.15) is 11.5 Å². The van der Waals surface area contributed by atoms with Crippen molar-refractivity contribution >= 4 is 35.5 Å². The first-order chi connectivity index (χ1) is 11.3. The van der Waals surface area contributed by atoms with Crippen LogP contribution in [0.15, 0.2) is 36.4 Å². The van der Waals surface area contributed by atoms with Gasteiger partial charge in [0.25, 0.3) is 0 Å². The summed E-state index contributed by atoms with van der Waals surface area (Å²) in [5.74, 6) is 0.0556. The third kappa shape index (κ3) is 6.53. The number of phenols is 2. The zero-order valence-electron chi connectivity index (χ0n) is 14.1. The average Bonchev–Trinajstić information content (AvgIpc) is 2.55. The fourth-order valence-corrected chi connectivity index (χ4v) is 2.41. The van der Waals surface area contributed by atoms with E-state index in [2.05, 4.69) is 25.3 Å². The maximum absolute atomic E-state index is 10.8. The first-order valence-electron chi connectivity index (χ1n) is 7.37. The molecule has 25 heavy (non-hydrogen) atoms. The molecule has 0 aliphatic carbocycles. The Kier molecular flexibility index (Phi) is 10.8. The van der Waals surface area contributed by atoms with Crippen LogP contribution in [0.3, 0.4) is 0 Å². The predicted molar refractivity (Wildman–Crippen MR) is 98.4 cm³/mol. The summed E-state index contributed by atoms with van der Waals surface area (Å²) in [6.07, 6.45) is 1.39. The molecule has 0 radical (unpaired) electrons. The smallest absolute Gasteiger partial charge is 0.737 e. The van der Waals surface area contributed by atoms with Gasteiger partial charge in [-0.2, -0.15) is 0 Å². The van der Waals surface area contributed by atoms with Crippen molar-refractivity contribution in [2.75, 3.05) is 0 Å². The summed E-state index contributed by atoms with van der Waals surface area (Å²) in [5, 5.41) is 17.9. The molecule has 0 fully saturated rings. The topological polar surface area (TPSA) is 74.6 Å². The van der Waals surface area contributed by atoms with Gasteiger partial charge in [-0.15, -0.1) is 0 Å². The van der Waals surface area contributed by atoms with E-state index >= 15 is 0 Å². The number of carbonyl (C=O) groups excluding carboxylic acids is 2. The summed E-state index contributed by atoms with van der Waals surface area (Å²) in [6.45, 7) is 3.82. The van der Waals surface area contributed by atoms with Crippen LogP contribution in [0.2, 0.25) is 0 Å². The molecule has 0 aliphatic heterocycles. The molecule has 0 heterocycles. The number of hydrogen-bond donors (Lipinski definition) is 2. The molecule has 0 bridgehead atoms.